The van der Waals surface area contributed by atoms with Crippen molar-refractivity contribution in [1.29, 1.82) is 0 Å². The van der Waals surface area contributed by atoms with Crippen LogP contribution in [0.5, 0.6) is 5.75 Å². The molecule has 0 aromatic heterocycles. The summed E-state index contributed by atoms with van der Waals surface area (Å²) in [6.45, 7) is 1.98. The van der Waals surface area contributed by atoms with Crippen LogP contribution in [0.1, 0.15) is 23.2 Å². The van der Waals surface area contributed by atoms with Crippen LogP contribution in [-0.4, -0.2) is 50.8 Å². The van der Waals surface area contributed by atoms with Gasteiger partial charge in [-0.2, -0.15) is 0 Å². The molecule has 2 amide bonds. The van der Waals surface area contributed by atoms with E-state index in [2.05, 4.69) is 5.32 Å². The highest BCUT2D eigenvalue weighted by atomic mass is 16.5. The van der Waals surface area contributed by atoms with Crippen LogP contribution in [0.25, 0.3) is 0 Å². The summed E-state index contributed by atoms with van der Waals surface area (Å²) in [7, 11) is 2.99. The second kappa shape index (κ2) is 7.68. The normalized spacial score (nSPS) is 15.3. The predicted octanol–water partition coefficient (Wildman–Crippen LogP) is 1.90. The van der Waals surface area contributed by atoms with E-state index >= 15 is 0 Å². The van der Waals surface area contributed by atoms with Crippen LogP contribution in [0.4, 0.5) is 4.79 Å². The maximum atomic E-state index is 12.1. The Balaban J connectivity index is 1.76. The highest BCUT2D eigenvalue weighted by Crippen LogP contribution is 2.17. The minimum atomic E-state index is -0.277. The molecule has 0 spiro atoms. The van der Waals surface area contributed by atoms with Crippen molar-refractivity contribution >= 4 is 12.0 Å². The minimum absolute atomic E-state index is 0.0851. The number of likely N-dealkylation sites (tertiary alicyclic amines) is 1. The molecule has 1 N–H and O–H groups in total. The van der Waals surface area contributed by atoms with E-state index in [1.54, 1.807) is 36.3 Å². The predicted molar refractivity (Wildman–Crippen MR) is 82.0 cm³/mol. The van der Waals surface area contributed by atoms with Crippen molar-refractivity contribution in [3.63, 3.8) is 0 Å². The van der Waals surface area contributed by atoms with Crippen molar-refractivity contribution in [3.8, 4) is 5.75 Å². The topological polar surface area (TPSA) is 67.9 Å². The fraction of sp³-hybridized carbons (Fsp3) is 0.500. The van der Waals surface area contributed by atoms with E-state index in [-0.39, 0.29) is 12.0 Å². The number of nitrogens with zero attached hydrogens (tertiary/aromatic N) is 1. The van der Waals surface area contributed by atoms with Gasteiger partial charge in [-0.25, -0.2) is 4.79 Å². The minimum Gasteiger partial charge on any atom is -0.497 e. The number of carbonyl (C=O) groups is 2. The fourth-order valence-electron chi connectivity index (χ4n) is 2.53. The third-order valence-corrected chi connectivity index (χ3v) is 3.95. The lowest BCUT2D eigenvalue weighted by molar-refractivity contribution is 0.0914. The molecule has 1 fully saturated rings. The smallest absolute Gasteiger partial charge is 0.409 e. The Morgan fingerprint density at radius 3 is 2.36 bits per heavy atom. The van der Waals surface area contributed by atoms with Crippen LogP contribution in [0.2, 0.25) is 0 Å². The van der Waals surface area contributed by atoms with Gasteiger partial charge in [0.15, 0.2) is 0 Å². The molecule has 1 saturated heterocycles. The number of rotatable bonds is 4. The molecule has 1 aliphatic heterocycles. The van der Waals surface area contributed by atoms with Crippen LogP contribution >= 0.6 is 0 Å². The van der Waals surface area contributed by atoms with E-state index in [0.29, 0.717) is 31.1 Å². The molecular weight excluding hydrogens is 284 g/mol. The average molecular weight is 306 g/mol. The lowest BCUT2D eigenvalue weighted by Gasteiger charge is -2.30. The summed E-state index contributed by atoms with van der Waals surface area (Å²) in [6, 6.07) is 7.02. The first-order valence-corrected chi connectivity index (χ1v) is 7.39. The number of methoxy groups -OCH3 is 2. The first-order chi connectivity index (χ1) is 10.6. The van der Waals surface area contributed by atoms with Gasteiger partial charge < -0.3 is 19.7 Å². The lowest BCUT2D eigenvalue weighted by Crippen LogP contribution is -2.41. The van der Waals surface area contributed by atoms with Gasteiger partial charge in [0, 0.05) is 25.2 Å². The first kappa shape index (κ1) is 16.1. The van der Waals surface area contributed by atoms with E-state index in [0.717, 1.165) is 18.6 Å². The number of amides is 2. The van der Waals surface area contributed by atoms with Crippen LogP contribution in [-0.2, 0) is 4.74 Å². The van der Waals surface area contributed by atoms with E-state index < -0.39 is 0 Å². The zero-order valence-electron chi connectivity index (χ0n) is 13.0. The SMILES string of the molecule is COC(=O)N1CCC(CNC(=O)c2ccc(OC)cc2)CC1. The van der Waals surface area contributed by atoms with E-state index in [1.807, 2.05) is 0 Å². The van der Waals surface area contributed by atoms with Crippen molar-refractivity contribution in [1.82, 2.24) is 10.2 Å². The molecule has 0 atom stereocenters. The van der Waals surface area contributed by atoms with Crippen LogP contribution in [0.3, 0.4) is 0 Å². The molecule has 0 aliphatic carbocycles. The molecule has 22 heavy (non-hydrogen) atoms. The number of nitrogens with one attached hydrogen (secondary N) is 1. The summed E-state index contributed by atoms with van der Waals surface area (Å²) in [5.41, 5.74) is 0.618. The van der Waals surface area contributed by atoms with Crippen LogP contribution in [0.15, 0.2) is 24.3 Å². The monoisotopic (exact) mass is 306 g/mol. The standard InChI is InChI=1S/C16H22N2O4/c1-21-14-5-3-13(4-6-14)15(19)17-11-12-7-9-18(10-8-12)16(20)22-2/h3-6,12H,7-11H2,1-2H3,(H,17,19). The van der Waals surface area contributed by atoms with E-state index in [9.17, 15) is 9.59 Å². The molecule has 0 unspecified atom stereocenters. The Kier molecular flexibility index (Phi) is 5.63. The largest absolute Gasteiger partial charge is 0.497 e. The van der Waals surface area contributed by atoms with Gasteiger partial charge in [-0.3, -0.25) is 4.79 Å². The molecule has 0 bridgehead atoms. The zero-order valence-corrected chi connectivity index (χ0v) is 13.0. The molecule has 0 saturated carbocycles. The molecule has 1 aliphatic rings. The van der Waals surface area contributed by atoms with Gasteiger partial charge in [-0.15, -0.1) is 0 Å². The zero-order chi connectivity index (χ0) is 15.9. The van der Waals surface area contributed by atoms with Gasteiger partial charge in [-0.1, -0.05) is 0 Å². The Morgan fingerprint density at radius 2 is 1.82 bits per heavy atom. The Bertz CT molecular complexity index is 507. The van der Waals surface area contributed by atoms with Crippen molar-refractivity contribution in [2.45, 2.75) is 12.8 Å². The summed E-state index contributed by atoms with van der Waals surface area (Å²) in [6.07, 6.45) is 1.47. The Morgan fingerprint density at radius 1 is 1.18 bits per heavy atom. The number of carbonyl (C=O) groups excluding carboxylic acids is 2. The van der Waals surface area contributed by atoms with Gasteiger partial charge in [0.2, 0.25) is 0 Å². The van der Waals surface area contributed by atoms with E-state index in [4.69, 9.17) is 9.47 Å². The molecule has 0 radical (unpaired) electrons. The third kappa shape index (κ3) is 4.13. The molecule has 1 aromatic rings. The lowest BCUT2D eigenvalue weighted by atomic mass is 9.97. The number of benzene rings is 1. The first-order valence-electron chi connectivity index (χ1n) is 7.39. The van der Waals surface area contributed by atoms with Gasteiger partial charge >= 0.3 is 6.09 Å². The third-order valence-electron chi connectivity index (χ3n) is 3.95. The number of piperidine rings is 1. The fourth-order valence-corrected chi connectivity index (χ4v) is 2.53. The van der Waals surface area contributed by atoms with E-state index in [1.165, 1.54) is 7.11 Å². The van der Waals surface area contributed by atoms with Crippen LogP contribution in [0, 0.1) is 5.92 Å². The number of hydrogen-bond donors (Lipinski definition) is 1. The Hall–Kier alpha value is -2.24. The second-order valence-corrected chi connectivity index (χ2v) is 5.34. The van der Waals surface area contributed by atoms with Crippen molar-refractivity contribution in [3.05, 3.63) is 29.8 Å². The van der Waals surface area contributed by atoms with Crippen molar-refractivity contribution < 1.29 is 19.1 Å². The molecule has 6 nitrogen and oxygen atoms in total. The van der Waals surface area contributed by atoms with Gasteiger partial charge in [0.25, 0.3) is 5.91 Å². The average Bonchev–Trinajstić information content (AvgIpc) is 2.59. The highest BCUT2D eigenvalue weighted by Gasteiger charge is 2.23. The quantitative estimate of drug-likeness (QED) is 0.922. The van der Waals surface area contributed by atoms with Gasteiger partial charge in [0.1, 0.15) is 5.75 Å². The molecule has 120 valence electrons. The summed E-state index contributed by atoms with van der Waals surface area (Å²) in [5, 5.41) is 2.95. The molecule has 2 rings (SSSR count). The van der Waals surface area contributed by atoms with Crippen molar-refractivity contribution in [2.24, 2.45) is 5.92 Å². The second-order valence-electron chi connectivity index (χ2n) is 5.34. The Labute approximate surface area is 130 Å². The van der Waals surface area contributed by atoms with Gasteiger partial charge in [-0.05, 0) is 43.0 Å². The molecule has 6 heteroatoms. The van der Waals surface area contributed by atoms with Gasteiger partial charge in [0.05, 0.1) is 14.2 Å². The van der Waals surface area contributed by atoms with Crippen molar-refractivity contribution in [2.75, 3.05) is 33.9 Å². The number of ether oxygens (including phenoxy) is 2. The summed E-state index contributed by atoms with van der Waals surface area (Å²) in [4.78, 5) is 25.2. The highest BCUT2D eigenvalue weighted by molar-refractivity contribution is 5.94. The summed E-state index contributed by atoms with van der Waals surface area (Å²) < 4.78 is 9.78. The molecule has 1 aromatic carbocycles. The summed E-state index contributed by atoms with van der Waals surface area (Å²) >= 11 is 0. The maximum Gasteiger partial charge on any atom is 0.409 e. The molecule has 1 heterocycles. The van der Waals surface area contributed by atoms with Crippen LogP contribution < -0.4 is 10.1 Å². The summed E-state index contributed by atoms with van der Waals surface area (Å²) in [5.74, 6) is 1.04. The maximum absolute atomic E-state index is 12.1. The molecular formula is C16H22N2O4. The number of hydrogen-bond acceptors (Lipinski definition) is 4.